The summed E-state index contributed by atoms with van der Waals surface area (Å²) in [6.45, 7) is 4.72. The van der Waals surface area contributed by atoms with Crippen LogP contribution in [0.15, 0.2) is 52.3 Å². The van der Waals surface area contributed by atoms with Crippen molar-refractivity contribution in [2.45, 2.75) is 44.8 Å². The van der Waals surface area contributed by atoms with Gasteiger partial charge in [0.15, 0.2) is 5.17 Å². The van der Waals surface area contributed by atoms with Gasteiger partial charge in [-0.3, -0.25) is 14.6 Å². The maximum absolute atomic E-state index is 13.9. The number of rotatable bonds is 5. The number of likely N-dealkylation sites (N-methyl/N-ethyl adjacent to an activating group) is 1. The van der Waals surface area contributed by atoms with Crippen molar-refractivity contribution in [1.82, 2.24) is 24.7 Å². The molecular formula is C26H28Cl2N6O2S. The van der Waals surface area contributed by atoms with Crippen LogP contribution >= 0.6 is 35.0 Å². The van der Waals surface area contributed by atoms with Crippen molar-refractivity contribution in [1.29, 1.82) is 0 Å². The number of carbonyl (C=O) groups is 2. The first-order valence-electron chi connectivity index (χ1n) is 12.2. The number of amidine groups is 1. The highest BCUT2D eigenvalue weighted by Crippen LogP contribution is 2.53. The minimum atomic E-state index is -0.439. The molecule has 2 amide bonds. The minimum absolute atomic E-state index is 0.0367. The number of allylic oxidation sites excluding steroid dienone is 1. The summed E-state index contributed by atoms with van der Waals surface area (Å²) in [6, 6.07) is 6.45. The molecular weight excluding hydrogens is 531 g/mol. The number of halogens is 2. The van der Waals surface area contributed by atoms with E-state index in [1.165, 1.54) is 11.8 Å². The number of aliphatic imine (C=N–C) groups is 1. The third-order valence-corrected chi connectivity index (χ3v) is 8.40. The van der Waals surface area contributed by atoms with Gasteiger partial charge in [0.1, 0.15) is 27.3 Å². The van der Waals surface area contributed by atoms with Crippen molar-refractivity contribution in [2.24, 2.45) is 10.9 Å². The molecule has 2 unspecified atom stereocenters. The number of amides is 2. The Balaban J connectivity index is 1.57. The summed E-state index contributed by atoms with van der Waals surface area (Å²) < 4.78 is 0. The summed E-state index contributed by atoms with van der Waals surface area (Å²) >= 11 is 13.5. The molecule has 3 atom stereocenters. The van der Waals surface area contributed by atoms with Gasteiger partial charge < -0.3 is 14.7 Å². The fourth-order valence-electron chi connectivity index (χ4n) is 5.19. The van der Waals surface area contributed by atoms with E-state index in [2.05, 4.69) is 28.7 Å². The molecule has 0 radical (unpaired) electrons. The highest BCUT2D eigenvalue weighted by Gasteiger charge is 2.49. The van der Waals surface area contributed by atoms with Gasteiger partial charge in [-0.2, -0.15) is 0 Å². The van der Waals surface area contributed by atoms with Crippen molar-refractivity contribution < 1.29 is 9.59 Å². The molecule has 8 nitrogen and oxygen atoms in total. The maximum Gasteiger partial charge on any atom is 0.263 e. The van der Waals surface area contributed by atoms with E-state index in [4.69, 9.17) is 28.2 Å². The fraction of sp³-hybridized carbons (Fsp3) is 0.423. The van der Waals surface area contributed by atoms with Crippen molar-refractivity contribution in [3.63, 3.8) is 0 Å². The lowest BCUT2D eigenvalue weighted by atomic mass is 9.94. The number of carbonyl (C=O) groups excluding carboxylic acids is 2. The van der Waals surface area contributed by atoms with E-state index in [1.54, 1.807) is 48.4 Å². The Morgan fingerprint density at radius 2 is 1.70 bits per heavy atom. The summed E-state index contributed by atoms with van der Waals surface area (Å²) in [6.07, 6.45) is 4.98. The molecule has 3 aliphatic heterocycles. The van der Waals surface area contributed by atoms with E-state index >= 15 is 0 Å². The second-order valence-corrected chi connectivity index (χ2v) is 11.6. The normalized spacial score (nSPS) is 23.1. The van der Waals surface area contributed by atoms with Crippen molar-refractivity contribution >= 4 is 51.9 Å². The molecule has 2 aromatic rings. The molecule has 0 N–H and O–H groups in total. The Bertz CT molecular complexity index is 1280. The monoisotopic (exact) mass is 558 g/mol. The molecule has 0 spiro atoms. The summed E-state index contributed by atoms with van der Waals surface area (Å²) in [7, 11) is 3.46. The van der Waals surface area contributed by atoms with E-state index in [-0.39, 0.29) is 29.8 Å². The van der Waals surface area contributed by atoms with Gasteiger partial charge in [-0.05, 0) is 53.8 Å². The Morgan fingerprint density at radius 3 is 2.27 bits per heavy atom. The number of pyridine rings is 2. The molecule has 0 aromatic carbocycles. The topological polar surface area (TPSA) is 82.0 Å². The van der Waals surface area contributed by atoms with Crippen molar-refractivity contribution in [2.75, 3.05) is 20.6 Å². The van der Waals surface area contributed by atoms with Crippen LogP contribution in [0.3, 0.4) is 0 Å². The van der Waals surface area contributed by atoms with Crippen LogP contribution < -0.4 is 0 Å². The van der Waals surface area contributed by atoms with Crippen LogP contribution in [-0.4, -0.2) is 68.3 Å². The molecule has 1 saturated heterocycles. The van der Waals surface area contributed by atoms with Crippen LogP contribution in [0.2, 0.25) is 10.3 Å². The lowest BCUT2D eigenvalue weighted by Crippen LogP contribution is -2.45. The van der Waals surface area contributed by atoms with Gasteiger partial charge in [-0.25, -0.2) is 9.97 Å². The predicted molar refractivity (Wildman–Crippen MR) is 146 cm³/mol. The largest absolute Gasteiger partial charge is 0.347 e. The van der Waals surface area contributed by atoms with E-state index < -0.39 is 6.04 Å². The molecule has 5 heterocycles. The van der Waals surface area contributed by atoms with Gasteiger partial charge >= 0.3 is 0 Å². The van der Waals surface area contributed by atoms with Gasteiger partial charge in [0.25, 0.3) is 5.91 Å². The smallest absolute Gasteiger partial charge is 0.263 e. The van der Waals surface area contributed by atoms with Crippen LogP contribution in [0.4, 0.5) is 0 Å². The zero-order valence-electron chi connectivity index (χ0n) is 21.1. The molecule has 1 fully saturated rings. The van der Waals surface area contributed by atoms with E-state index in [1.807, 2.05) is 12.1 Å². The first-order chi connectivity index (χ1) is 17.7. The highest BCUT2D eigenvalue weighted by atomic mass is 35.5. The van der Waals surface area contributed by atoms with Gasteiger partial charge in [0.2, 0.25) is 5.91 Å². The molecule has 37 heavy (non-hydrogen) atoms. The average molecular weight is 560 g/mol. The number of likely N-dealkylation sites (tertiary alicyclic amines) is 1. The second kappa shape index (κ2) is 10.3. The van der Waals surface area contributed by atoms with Gasteiger partial charge in [-0.15, -0.1) is 0 Å². The summed E-state index contributed by atoms with van der Waals surface area (Å²) in [5.41, 5.74) is 2.75. The Kier molecular flexibility index (Phi) is 7.22. The molecule has 3 aliphatic rings. The Morgan fingerprint density at radius 1 is 1.05 bits per heavy atom. The average Bonchev–Trinajstić information content (AvgIpc) is 3.58. The van der Waals surface area contributed by atoms with Gasteiger partial charge in [-0.1, -0.05) is 49.2 Å². The van der Waals surface area contributed by atoms with Gasteiger partial charge in [0, 0.05) is 38.7 Å². The summed E-state index contributed by atoms with van der Waals surface area (Å²) in [5.74, 6) is -0.116. The van der Waals surface area contributed by atoms with E-state index in [0.29, 0.717) is 28.2 Å². The van der Waals surface area contributed by atoms with E-state index in [9.17, 15) is 9.59 Å². The van der Waals surface area contributed by atoms with Crippen LogP contribution in [0.25, 0.3) is 0 Å². The molecule has 2 aromatic heterocycles. The number of nitrogens with zero attached hydrogens (tertiary/aromatic N) is 6. The molecule has 0 aliphatic carbocycles. The lowest BCUT2D eigenvalue weighted by Gasteiger charge is -2.32. The zero-order valence-corrected chi connectivity index (χ0v) is 23.4. The van der Waals surface area contributed by atoms with Crippen LogP contribution in [0.1, 0.15) is 49.9 Å². The number of fused-ring (bicyclic) bond motifs is 1. The summed E-state index contributed by atoms with van der Waals surface area (Å²) in [4.78, 5) is 46.5. The van der Waals surface area contributed by atoms with Gasteiger partial charge in [0.05, 0.1) is 6.04 Å². The maximum atomic E-state index is 13.9. The van der Waals surface area contributed by atoms with Crippen LogP contribution in [0, 0.1) is 5.92 Å². The SMILES string of the molecule is CC(C)C1=C(C(=O)N2CCC[C@H]2C(=O)N(C)C)SC2=NC(c3ccc(Cl)nc3)C(c3ccc(Cl)nc3)N21. The fourth-order valence-corrected chi connectivity index (χ4v) is 6.72. The number of hydrogen-bond donors (Lipinski definition) is 0. The Labute approximate surface area is 230 Å². The van der Waals surface area contributed by atoms with Crippen LogP contribution in [0.5, 0.6) is 0 Å². The quantitative estimate of drug-likeness (QED) is 0.484. The molecule has 194 valence electrons. The van der Waals surface area contributed by atoms with Crippen molar-refractivity contribution in [3.05, 3.63) is 68.7 Å². The second-order valence-electron chi connectivity index (χ2n) is 9.86. The first kappa shape index (κ1) is 26.0. The van der Waals surface area contributed by atoms with E-state index in [0.717, 1.165) is 28.4 Å². The molecule has 0 bridgehead atoms. The predicted octanol–water partition coefficient (Wildman–Crippen LogP) is 4.93. The number of hydrogen-bond acceptors (Lipinski definition) is 7. The van der Waals surface area contributed by atoms with Crippen molar-refractivity contribution in [3.8, 4) is 0 Å². The first-order valence-corrected chi connectivity index (χ1v) is 13.8. The number of aromatic nitrogens is 2. The standard InChI is InChI=1S/C26H28Cl2N6O2S/c1-14(2)21-23(25(36)33-11-5-6-17(33)24(35)32(3)4)37-26-31-20(15-7-9-18(27)29-12-15)22(34(21)26)16-8-10-19(28)30-13-16/h7-10,12-14,17,20,22H,5-6,11H2,1-4H3/t17-,20?,22?/m0/s1. The zero-order chi connectivity index (χ0) is 26.4. The highest BCUT2D eigenvalue weighted by molar-refractivity contribution is 8.18. The molecule has 5 rings (SSSR count). The third kappa shape index (κ3) is 4.73. The molecule has 11 heteroatoms. The Hall–Kier alpha value is -2.62. The number of thioether (sulfide) groups is 1. The summed E-state index contributed by atoms with van der Waals surface area (Å²) in [5, 5.41) is 1.57. The lowest BCUT2D eigenvalue weighted by molar-refractivity contribution is -0.140. The minimum Gasteiger partial charge on any atom is -0.347 e. The third-order valence-electron chi connectivity index (χ3n) is 6.88. The van der Waals surface area contributed by atoms with Crippen LogP contribution in [-0.2, 0) is 9.59 Å². The molecule has 0 saturated carbocycles.